The third-order valence-corrected chi connectivity index (χ3v) is 3.62. The number of amides is 1. The Bertz CT molecular complexity index is 409. The van der Waals surface area contributed by atoms with Gasteiger partial charge in [-0.3, -0.25) is 4.79 Å². The van der Waals surface area contributed by atoms with Crippen molar-refractivity contribution in [2.75, 3.05) is 5.32 Å². The Hall–Kier alpha value is -0.900. The molecule has 0 aliphatic heterocycles. The summed E-state index contributed by atoms with van der Waals surface area (Å²) >= 11 is 3.23. The van der Waals surface area contributed by atoms with E-state index in [0.717, 1.165) is 12.8 Å². The molecule has 1 rings (SSSR count). The van der Waals surface area contributed by atoms with Crippen LogP contribution in [0.1, 0.15) is 51.9 Å². The van der Waals surface area contributed by atoms with E-state index in [-0.39, 0.29) is 11.7 Å². The number of unbranched alkanes of at least 4 members (excludes halogenated alkanes) is 5. The molecular weight excluding hydrogens is 309 g/mol. The van der Waals surface area contributed by atoms with Gasteiger partial charge >= 0.3 is 0 Å². The molecule has 0 radical (unpaired) electrons. The second-order valence-electron chi connectivity index (χ2n) is 4.69. The first kappa shape index (κ1) is 16.2. The van der Waals surface area contributed by atoms with Crippen LogP contribution in [-0.2, 0) is 4.79 Å². The predicted molar refractivity (Wildman–Crippen MR) is 80.7 cm³/mol. The van der Waals surface area contributed by atoms with E-state index in [4.69, 9.17) is 0 Å². The lowest BCUT2D eigenvalue weighted by molar-refractivity contribution is -0.116. The van der Waals surface area contributed by atoms with Crippen molar-refractivity contribution in [3.8, 4) is 0 Å². The third-order valence-electron chi connectivity index (χ3n) is 2.96. The zero-order valence-electron chi connectivity index (χ0n) is 11.3. The second-order valence-corrected chi connectivity index (χ2v) is 5.54. The van der Waals surface area contributed by atoms with Gasteiger partial charge in [-0.1, -0.05) is 39.0 Å². The molecule has 0 spiro atoms. The number of nitrogens with one attached hydrogen (secondary N) is 1. The van der Waals surface area contributed by atoms with Gasteiger partial charge in [0.15, 0.2) is 0 Å². The van der Waals surface area contributed by atoms with Gasteiger partial charge < -0.3 is 5.32 Å². The highest BCUT2D eigenvalue weighted by Crippen LogP contribution is 2.23. The van der Waals surface area contributed by atoms with E-state index < -0.39 is 0 Å². The average Bonchev–Trinajstić information content (AvgIpc) is 2.37. The van der Waals surface area contributed by atoms with Gasteiger partial charge in [0, 0.05) is 10.9 Å². The minimum absolute atomic E-state index is 0.0113. The molecule has 1 N–H and O–H groups in total. The molecule has 1 aromatic rings. The zero-order valence-corrected chi connectivity index (χ0v) is 12.9. The molecule has 0 heterocycles. The minimum atomic E-state index is -0.319. The van der Waals surface area contributed by atoms with Crippen LogP contribution in [0.15, 0.2) is 22.7 Å². The van der Waals surface area contributed by atoms with Crippen LogP contribution < -0.4 is 5.32 Å². The summed E-state index contributed by atoms with van der Waals surface area (Å²) < 4.78 is 13.5. The molecule has 1 aromatic carbocycles. The Balaban J connectivity index is 2.23. The summed E-state index contributed by atoms with van der Waals surface area (Å²) in [6.45, 7) is 2.19. The van der Waals surface area contributed by atoms with Crippen molar-refractivity contribution in [2.24, 2.45) is 0 Å². The molecule has 0 aliphatic rings. The summed E-state index contributed by atoms with van der Waals surface area (Å²) in [5.41, 5.74) is 0.623. The van der Waals surface area contributed by atoms with Crippen LogP contribution in [0.4, 0.5) is 10.1 Å². The van der Waals surface area contributed by atoms with Crippen LogP contribution in [0.5, 0.6) is 0 Å². The van der Waals surface area contributed by atoms with E-state index in [1.165, 1.54) is 37.8 Å². The molecule has 4 heteroatoms. The Morgan fingerprint density at radius 3 is 2.58 bits per heavy atom. The van der Waals surface area contributed by atoms with E-state index in [0.29, 0.717) is 16.6 Å². The quantitative estimate of drug-likeness (QED) is 0.646. The van der Waals surface area contributed by atoms with Crippen LogP contribution in [-0.4, -0.2) is 5.91 Å². The van der Waals surface area contributed by atoms with Gasteiger partial charge in [-0.2, -0.15) is 0 Å². The number of halogens is 2. The number of benzene rings is 1. The van der Waals surface area contributed by atoms with E-state index in [2.05, 4.69) is 28.2 Å². The predicted octanol–water partition coefficient (Wildman–Crippen LogP) is 5.28. The van der Waals surface area contributed by atoms with Crippen molar-refractivity contribution < 1.29 is 9.18 Å². The fourth-order valence-corrected chi connectivity index (χ4v) is 2.32. The molecule has 106 valence electrons. The van der Waals surface area contributed by atoms with Crippen molar-refractivity contribution in [3.63, 3.8) is 0 Å². The summed E-state index contributed by atoms with van der Waals surface area (Å²) in [4.78, 5) is 11.7. The Kier molecular flexibility index (Phi) is 7.72. The monoisotopic (exact) mass is 329 g/mol. The molecule has 0 aliphatic carbocycles. The summed E-state index contributed by atoms with van der Waals surface area (Å²) in [5, 5.41) is 2.79. The van der Waals surface area contributed by atoms with Gasteiger partial charge in [-0.25, -0.2) is 4.39 Å². The van der Waals surface area contributed by atoms with Crippen molar-refractivity contribution in [3.05, 3.63) is 28.5 Å². The molecule has 0 fully saturated rings. The largest absolute Gasteiger partial charge is 0.325 e. The topological polar surface area (TPSA) is 29.1 Å². The highest BCUT2D eigenvalue weighted by molar-refractivity contribution is 9.10. The molecule has 0 aromatic heterocycles. The first-order valence-electron chi connectivity index (χ1n) is 6.88. The molecule has 1 amide bonds. The Morgan fingerprint density at radius 1 is 1.21 bits per heavy atom. The van der Waals surface area contributed by atoms with Crippen LogP contribution in [0.3, 0.4) is 0 Å². The molecule has 2 nitrogen and oxygen atoms in total. The van der Waals surface area contributed by atoms with Crippen molar-refractivity contribution in [1.82, 2.24) is 0 Å². The van der Waals surface area contributed by atoms with Crippen LogP contribution in [0.25, 0.3) is 0 Å². The van der Waals surface area contributed by atoms with Gasteiger partial charge in [-0.05, 0) is 40.5 Å². The Morgan fingerprint density at radius 2 is 1.89 bits per heavy atom. The lowest BCUT2D eigenvalue weighted by atomic mass is 10.1. The lowest BCUT2D eigenvalue weighted by Gasteiger charge is -2.07. The zero-order chi connectivity index (χ0) is 14.1. The first-order chi connectivity index (χ1) is 9.13. The highest BCUT2D eigenvalue weighted by Gasteiger charge is 2.06. The van der Waals surface area contributed by atoms with E-state index in [1.54, 1.807) is 6.07 Å². The maximum atomic E-state index is 12.9. The maximum Gasteiger partial charge on any atom is 0.224 e. The van der Waals surface area contributed by atoms with Gasteiger partial charge in [0.2, 0.25) is 5.91 Å². The average molecular weight is 330 g/mol. The molecule has 19 heavy (non-hydrogen) atoms. The number of hydrogen-bond donors (Lipinski definition) is 1. The van der Waals surface area contributed by atoms with Gasteiger partial charge in [0.1, 0.15) is 5.82 Å². The molecule has 0 bridgehead atoms. The standard InChI is InChI=1S/C15H21BrFNO/c1-2-3-4-5-6-7-8-15(19)18-14-10-9-12(17)11-13(14)16/h9-11H,2-8H2,1H3,(H,18,19). The van der Waals surface area contributed by atoms with Crippen LogP contribution in [0, 0.1) is 5.82 Å². The number of rotatable bonds is 8. The van der Waals surface area contributed by atoms with E-state index in [9.17, 15) is 9.18 Å². The Labute approximate surface area is 122 Å². The van der Waals surface area contributed by atoms with Crippen LogP contribution in [0.2, 0.25) is 0 Å². The van der Waals surface area contributed by atoms with Gasteiger partial charge in [0.25, 0.3) is 0 Å². The van der Waals surface area contributed by atoms with Crippen LogP contribution >= 0.6 is 15.9 Å². The van der Waals surface area contributed by atoms with Crippen molar-refractivity contribution in [1.29, 1.82) is 0 Å². The summed E-state index contributed by atoms with van der Waals surface area (Å²) in [5.74, 6) is -0.330. The number of carbonyl (C=O) groups is 1. The lowest BCUT2D eigenvalue weighted by Crippen LogP contribution is -2.11. The minimum Gasteiger partial charge on any atom is -0.325 e. The summed E-state index contributed by atoms with van der Waals surface area (Å²) in [6.07, 6.45) is 7.49. The molecule has 0 unspecified atom stereocenters. The third kappa shape index (κ3) is 6.71. The van der Waals surface area contributed by atoms with Crippen molar-refractivity contribution in [2.45, 2.75) is 51.9 Å². The second kappa shape index (κ2) is 9.08. The van der Waals surface area contributed by atoms with Gasteiger partial charge in [0.05, 0.1) is 5.69 Å². The normalized spacial score (nSPS) is 10.5. The molecule has 0 saturated heterocycles. The fourth-order valence-electron chi connectivity index (χ4n) is 1.87. The fraction of sp³-hybridized carbons (Fsp3) is 0.533. The molecule has 0 saturated carbocycles. The smallest absolute Gasteiger partial charge is 0.224 e. The first-order valence-corrected chi connectivity index (χ1v) is 7.67. The number of anilines is 1. The summed E-state index contributed by atoms with van der Waals surface area (Å²) in [7, 11) is 0. The molecule has 0 atom stereocenters. The number of hydrogen-bond acceptors (Lipinski definition) is 1. The van der Waals surface area contributed by atoms with Crippen molar-refractivity contribution >= 4 is 27.5 Å². The summed E-state index contributed by atoms with van der Waals surface area (Å²) in [6, 6.07) is 4.25. The maximum absolute atomic E-state index is 12.9. The van der Waals surface area contributed by atoms with Gasteiger partial charge in [-0.15, -0.1) is 0 Å². The SMILES string of the molecule is CCCCCCCCC(=O)Nc1ccc(F)cc1Br. The molecular formula is C15H21BrFNO. The van der Waals surface area contributed by atoms with E-state index >= 15 is 0 Å². The highest BCUT2D eigenvalue weighted by atomic mass is 79.9. The number of carbonyl (C=O) groups excluding carboxylic acids is 1. The van der Waals surface area contributed by atoms with E-state index in [1.807, 2.05) is 0 Å².